The number of hydrogen-bond donors (Lipinski definition) is 0. The minimum atomic E-state index is 1.19. The Bertz CT molecular complexity index is 236. The molecule has 0 amide bonds. The molecule has 0 aliphatic rings. The zero-order chi connectivity index (χ0) is 8.81. The van der Waals surface area contributed by atoms with Crippen molar-refractivity contribution in [1.82, 2.24) is 0 Å². The number of aryl methyl sites for hydroxylation is 1. The highest BCUT2D eigenvalue weighted by molar-refractivity contribution is 14.1. The molecule has 1 rings (SSSR count). The van der Waals surface area contributed by atoms with Gasteiger partial charge in [-0.05, 0) is 28.4 Å². The first-order valence-corrected chi connectivity index (χ1v) is 5.66. The average molecular weight is 272 g/mol. The second-order valence-electron chi connectivity index (χ2n) is 2.74. The van der Waals surface area contributed by atoms with Gasteiger partial charge in [-0.25, -0.2) is 0 Å². The Kier molecular flexibility index (Phi) is 4.36. The molecule has 0 aromatic heterocycles. The van der Waals surface area contributed by atoms with E-state index < -0.39 is 0 Å². The first-order chi connectivity index (χ1) is 5.86. The minimum Gasteiger partial charge on any atom is -0.0985 e. The average Bonchev–Trinajstić information content (AvgIpc) is 2.15. The second kappa shape index (κ2) is 5.36. The first-order valence-electron chi connectivity index (χ1n) is 4.14. The molecular weight excluding hydrogens is 259 g/mol. The third-order valence-electron chi connectivity index (χ3n) is 1.81. The summed E-state index contributed by atoms with van der Waals surface area (Å²) in [6, 6.07) is 8.61. The van der Waals surface area contributed by atoms with Gasteiger partial charge in [0.1, 0.15) is 0 Å². The number of alkyl halides is 1. The molecule has 0 unspecified atom stereocenters. The van der Waals surface area contributed by atoms with Gasteiger partial charge in [-0.15, -0.1) is 0 Å². The maximum absolute atomic E-state index is 3.72. The van der Waals surface area contributed by atoms with Crippen molar-refractivity contribution in [3.63, 3.8) is 0 Å². The Labute approximate surface area is 87.8 Å². The van der Waals surface area contributed by atoms with Crippen molar-refractivity contribution in [3.05, 3.63) is 42.0 Å². The molecule has 0 spiro atoms. The largest absolute Gasteiger partial charge is 0.0985 e. The number of rotatable bonds is 4. The van der Waals surface area contributed by atoms with Crippen molar-refractivity contribution in [2.24, 2.45) is 0 Å². The molecule has 12 heavy (non-hydrogen) atoms. The fraction of sp³-hybridized carbons (Fsp3) is 0.273. The standard InChI is InChI=1S/C11H13I/c1-2-10-5-7-11(8-6-10)4-3-9-12/h2,5-8H,1,3-4,9H2. The summed E-state index contributed by atoms with van der Waals surface area (Å²) in [7, 11) is 0. The Morgan fingerprint density at radius 3 is 2.42 bits per heavy atom. The second-order valence-corrected chi connectivity index (χ2v) is 3.82. The van der Waals surface area contributed by atoms with Crippen LogP contribution in [-0.4, -0.2) is 4.43 Å². The van der Waals surface area contributed by atoms with E-state index in [0.29, 0.717) is 0 Å². The van der Waals surface area contributed by atoms with E-state index in [1.165, 1.54) is 28.4 Å². The molecule has 0 aliphatic heterocycles. The predicted molar refractivity (Wildman–Crippen MR) is 63.7 cm³/mol. The maximum atomic E-state index is 3.72. The van der Waals surface area contributed by atoms with E-state index in [-0.39, 0.29) is 0 Å². The minimum absolute atomic E-state index is 1.19. The van der Waals surface area contributed by atoms with Crippen LogP contribution in [0.5, 0.6) is 0 Å². The van der Waals surface area contributed by atoms with E-state index in [1.54, 1.807) is 0 Å². The highest BCUT2D eigenvalue weighted by Crippen LogP contribution is 2.08. The van der Waals surface area contributed by atoms with Gasteiger partial charge < -0.3 is 0 Å². The zero-order valence-electron chi connectivity index (χ0n) is 7.09. The van der Waals surface area contributed by atoms with Gasteiger partial charge in [-0.1, -0.05) is 59.5 Å². The monoisotopic (exact) mass is 272 g/mol. The predicted octanol–water partition coefficient (Wildman–Crippen LogP) is 3.70. The van der Waals surface area contributed by atoms with E-state index in [4.69, 9.17) is 0 Å². The van der Waals surface area contributed by atoms with Crippen molar-refractivity contribution in [1.29, 1.82) is 0 Å². The topological polar surface area (TPSA) is 0 Å². The number of halogens is 1. The van der Waals surface area contributed by atoms with E-state index in [9.17, 15) is 0 Å². The lowest BCUT2D eigenvalue weighted by molar-refractivity contribution is 0.946. The van der Waals surface area contributed by atoms with Crippen molar-refractivity contribution in [2.75, 3.05) is 4.43 Å². The van der Waals surface area contributed by atoms with Crippen LogP contribution >= 0.6 is 22.6 Å². The van der Waals surface area contributed by atoms with Crippen LogP contribution in [0.4, 0.5) is 0 Å². The highest BCUT2D eigenvalue weighted by atomic mass is 127. The molecule has 0 fully saturated rings. The SMILES string of the molecule is C=Cc1ccc(CCCI)cc1. The summed E-state index contributed by atoms with van der Waals surface area (Å²) >= 11 is 2.41. The van der Waals surface area contributed by atoms with Gasteiger partial charge in [0.05, 0.1) is 0 Å². The van der Waals surface area contributed by atoms with E-state index in [0.717, 1.165) is 0 Å². The molecule has 0 radical (unpaired) electrons. The molecule has 0 nitrogen and oxygen atoms in total. The van der Waals surface area contributed by atoms with Gasteiger partial charge in [0.15, 0.2) is 0 Å². The van der Waals surface area contributed by atoms with E-state index >= 15 is 0 Å². The Morgan fingerprint density at radius 2 is 1.92 bits per heavy atom. The molecule has 64 valence electrons. The number of hydrogen-bond acceptors (Lipinski definition) is 0. The summed E-state index contributed by atoms with van der Waals surface area (Å²) in [4.78, 5) is 0. The zero-order valence-corrected chi connectivity index (χ0v) is 9.25. The van der Waals surface area contributed by atoms with Crippen LogP contribution in [0.25, 0.3) is 6.08 Å². The molecule has 1 heteroatoms. The third-order valence-corrected chi connectivity index (χ3v) is 2.58. The maximum Gasteiger partial charge on any atom is -0.000156 e. The first kappa shape index (κ1) is 9.78. The van der Waals surface area contributed by atoms with Gasteiger partial charge in [0.25, 0.3) is 0 Å². The fourth-order valence-corrected chi connectivity index (χ4v) is 1.47. The quantitative estimate of drug-likeness (QED) is 0.579. The van der Waals surface area contributed by atoms with E-state index in [2.05, 4.69) is 53.4 Å². The van der Waals surface area contributed by atoms with Gasteiger partial charge in [0.2, 0.25) is 0 Å². The molecule has 1 aromatic carbocycles. The molecule has 1 aromatic rings. The van der Waals surface area contributed by atoms with Crippen molar-refractivity contribution in [3.8, 4) is 0 Å². The molecular formula is C11H13I. The summed E-state index contributed by atoms with van der Waals surface area (Å²) in [6.07, 6.45) is 4.34. The lowest BCUT2D eigenvalue weighted by atomic mass is 10.1. The number of benzene rings is 1. The summed E-state index contributed by atoms with van der Waals surface area (Å²) in [5, 5.41) is 0. The highest BCUT2D eigenvalue weighted by Gasteiger charge is 1.91. The van der Waals surface area contributed by atoms with Gasteiger partial charge >= 0.3 is 0 Å². The normalized spacial score (nSPS) is 9.75. The van der Waals surface area contributed by atoms with Crippen molar-refractivity contribution >= 4 is 28.7 Å². The van der Waals surface area contributed by atoms with Gasteiger partial charge in [-0.3, -0.25) is 0 Å². The van der Waals surface area contributed by atoms with Crippen LogP contribution < -0.4 is 0 Å². The van der Waals surface area contributed by atoms with Crippen LogP contribution in [0.3, 0.4) is 0 Å². The molecule has 0 saturated carbocycles. The third kappa shape index (κ3) is 2.97. The molecule has 0 heterocycles. The molecule has 0 saturated heterocycles. The molecule has 0 aliphatic carbocycles. The Hall–Kier alpha value is -0.310. The fourth-order valence-electron chi connectivity index (χ4n) is 1.09. The summed E-state index contributed by atoms with van der Waals surface area (Å²) < 4.78 is 1.24. The molecule has 0 atom stereocenters. The smallest absolute Gasteiger partial charge is 0.000156 e. The van der Waals surface area contributed by atoms with Gasteiger partial charge in [0, 0.05) is 0 Å². The Balaban J connectivity index is 2.58. The van der Waals surface area contributed by atoms with Crippen molar-refractivity contribution in [2.45, 2.75) is 12.8 Å². The Morgan fingerprint density at radius 1 is 1.25 bits per heavy atom. The van der Waals surface area contributed by atoms with Crippen LogP contribution in [-0.2, 0) is 6.42 Å². The van der Waals surface area contributed by atoms with Crippen LogP contribution in [0.2, 0.25) is 0 Å². The lowest BCUT2D eigenvalue weighted by Gasteiger charge is -1.99. The lowest BCUT2D eigenvalue weighted by Crippen LogP contribution is -1.85. The molecule has 0 bridgehead atoms. The van der Waals surface area contributed by atoms with Crippen LogP contribution in [0, 0.1) is 0 Å². The van der Waals surface area contributed by atoms with Gasteiger partial charge in [-0.2, -0.15) is 0 Å². The molecule has 0 N–H and O–H groups in total. The summed E-state index contributed by atoms with van der Waals surface area (Å²) in [6.45, 7) is 3.72. The van der Waals surface area contributed by atoms with E-state index in [1.807, 2.05) is 6.08 Å². The summed E-state index contributed by atoms with van der Waals surface area (Å²) in [5.74, 6) is 0. The summed E-state index contributed by atoms with van der Waals surface area (Å²) in [5.41, 5.74) is 2.63. The van der Waals surface area contributed by atoms with Crippen molar-refractivity contribution < 1.29 is 0 Å². The van der Waals surface area contributed by atoms with Crippen LogP contribution in [0.1, 0.15) is 17.5 Å². The van der Waals surface area contributed by atoms with Crippen LogP contribution in [0.15, 0.2) is 30.8 Å².